The quantitative estimate of drug-likeness (QED) is 0.455. The summed E-state index contributed by atoms with van der Waals surface area (Å²) in [7, 11) is -4.45. The Morgan fingerprint density at radius 2 is 2.16 bits per heavy atom. The highest BCUT2D eigenvalue weighted by Gasteiger charge is 2.65. The summed E-state index contributed by atoms with van der Waals surface area (Å²) in [5, 5.41) is 0. The van der Waals surface area contributed by atoms with E-state index in [1.54, 1.807) is 0 Å². The van der Waals surface area contributed by atoms with Crippen molar-refractivity contribution in [3.63, 3.8) is 0 Å². The van der Waals surface area contributed by atoms with Crippen LogP contribution in [-0.4, -0.2) is 55.1 Å². The number of fused-ring (bicyclic) bond motifs is 1. The summed E-state index contributed by atoms with van der Waals surface area (Å²) in [5.41, 5.74) is 0. The van der Waals surface area contributed by atoms with Crippen molar-refractivity contribution in [3.05, 3.63) is 0 Å². The SMILES string of the molecule is O=C(CCS(=O)(=O)[O-])OC1C2CC3C(=O)OC1C3O2. The minimum atomic E-state index is -4.45. The summed E-state index contributed by atoms with van der Waals surface area (Å²) in [4.78, 5) is 22.9. The Balaban J connectivity index is 1.60. The fourth-order valence-corrected chi connectivity index (χ4v) is 3.22. The van der Waals surface area contributed by atoms with Crippen LogP contribution in [-0.2, 0) is 33.9 Å². The van der Waals surface area contributed by atoms with Crippen LogP contribution in [0.2, 0.25) is 0 Å². The number of carbonyl (C=O) groups is 2. The van der Waals surface area contributed by atoms with Gasteiger partial charge in [-0.3, -0.25) is 9.59 Å². The van der Waals surface area contributed by atoms with E-state index in [-0.39, 0.29) is 24.1 Å². The Morgan fingerprint density at radius 1 is 1.42 bits per heavy atom. The molecule has 0 amide bonds. The highest BCUT2D eigenvalue weighted by molar-refractivity contribution is 7.85. The molecule has 0 aromatic carbocycles. The fraction of sp³-hybridized carbons (Fsp3) is 0.800. The molecule has 0 N–H and O–H groups in total. The normalized spacial score (nSPS) is 39.4. The first-order valence-corrected chi connectivity index (χ1v) is 7.42. The van der Waals surface area contributed by atoms with Gasteiger partial charge in [0.2, 0.25) is 0 Å². The maximum absolute atomic E-state index is 11.5. The fourth-order valence-electron chi connectivity index (χ4n) is 2.80. The zero-order valence-corrected chi connectivity index (χ0v) is 10.5. The van der Waals surface area contributed by atoms with Gasteiger partial charge in [0, 0.05) is 5.75 Å². The molecule has 0 radical (unpaired) electrons. The van der Waals surface area contributed by atoms with Gasteiger partial charge in [-0.15, -0.1) is 0 Å². The molecule has 0 spiro atoms. The molecule has 19 heavy (non-hydrogen) atoms. The third-order valence-electron chi connectivity index (χ3n) is 3.61. The second-order valence-corrected chi connectivity index (χ2v) is 6.37. The molecule has 0 saturated carbocycles. The van der Waals surface area contributed by atoms with Gasteiger partial charge in [0.15, 0.2) is 12.2 Å². The molecule has 5 unspecified atom stereocenters. The van der Waals surface area contributed by atoms with Crippen molar-refractivity contribution in [2.45, 2.75) is 37.3 Å². The van der Waals surface area contributed by atoms with Crippen molar-refractivity contribution in [2.75, 3.05) is 5.75 Å². The summed E-state index contributed by atoms with van der Waals surface area (Å²) in [5.74, 6) is -2.24. The number of rotatable bonds is 4. The zero-order valence-electron chi connectivity index (χ0n) is 9.68. The predicted molar refractivity (Wildman–Crippen MR) is 55.7 cm³/mol. The Morgan fingerprint density at radius 3 is 2.84 bits per heavy atom. The largest absolute Gasteiger partial charge is 0.748 e. The molecule has 106 valence electrons. The van der Waals surface area contributed by atoms with Crippen molar-refractivity contribution in [2.24, 2.45) is 5.92 Å². The van der Waals surface area contributed by atoms with Gasteiger partial charge < -0.3 is 18.8 Å². The Kier molecular flexibility index (Phi) is 2.80. The molecule has 0 aromatic rings. The minimum Gasteiger partial charge on any atom is -0.748 e. The van der Waals surface area contributed by atoms with Gasteiger partial charge in [-0.05, 0) is 6.42 Å². The lowest BCUT2D eigenvalue weighted by molar-refractivity contribution is -0.160. The lowest BCUT2D eigenvalue weighted by Crippen LogP contribution is -2.40. The van der Waals surface area contributed by atoms with Crippen LogP contribution >= 0.6 is 0 Å². The van der Waals surface area contributed by atoms with Crippen LogP contribution < -0.4 is 0 Å². The van der Waals surface area contributed by atoms with Gasteiger partial charge in [-0.25, -0.2) is 8.42 Å². The summed E-state index contributed by atoms with van der Waals surface area (Å²) >= 11 is 0. The average molecular weight is 291 g/mol. The molecule has 3 heterocycles. The zero-order chi connectivity index (χ0) is 13.8. The molecule has 0 aliphatic carbocycles. The van der Waals surface area contributed by atoms with E-state index in [1.807, 2.05) is 0 Å². The van der Waals surface area contributed by atoms with Crippen LogP contribution in [0.15, 0.2) is 0 Å². The van der Waals surface area contributed by atoms with Crippen LogP contribution in [0.4, 0.5) is 0 Å². The molecule has 0 aromatic heterocycles. The third-order valence-corrected chi connectivity index (χ3v) is 4.31. The molecule has 3 aliphatic rings. The average Bonchev–Trinajstić information content (AvgIpc) is 2.90. The molecule has 9 heteroatoms. The van der Waals surface area contributed by atoms with Gasteiger partial charge in [0.25, 0.3) is 0 Å². The predicted octanol–water partition coefficient (Wildman–Crippen LogP) is -1.45. The molecule has 5 atom stereocenters. The summed E-state index contributed by atoms with van der Waals surface area (Å²) in [6, 6.07) is 0. The second kappa shape index (κ2) is 4.15. The van der Waals surface area contributed by atoms with Gasteiger partial charge >= 0.3 is 11.9 Å². The molecule has 3 fully saturated rings. The first kappa shape index (κ1) is 12.8. The van der Waals surface area contributed by atoms with E-state index < -0.39 is 40.5 Å². The van der Waals surface area contributed by atoms with Crippen molar-refractivity contribution in [1.29, 1.82) is 0 Å². The van der Waals surface area contributed by atoms with Gasteiger partial charge in [0.05, 0.1) is 28.6 Å². The lowest BCUT2D eigenvalue weighted by atomic mass is 9.88. The number of esters is 2. The topological polar surface area (TPSA) is 119 Å². The summed E-state index contributed by atoms with van der Waals surface area (Å²) in [6.07, 6.45) is -2.14. The monoisotopic (exact) mass is 291 g/mol. The van der Waals surface area contributed by atoms with Crippen LogP contribution in [0.1, 0.15) is 12.8 Å². The number of ether oxygens (including phenoxy) is 3. The Bertz CT molecular complexity index is 526. The van der Waals surface area contributed by atoms with E-state index >= 15 is 0 Å². The first-order chi connectivity index (χ1) is 8.85. The van der Waals surface area contributed by atoms with Crippen LogP contribution in [0.3, 0.4) is 0 Å². The molecule has 8 nitrogen and oxygen atoms in total. The Labute approximate surface area is 108 Å². The maximum atomic E-state index is 11.5. The molecule has 2 bridgehead atoms. The van der Waals surface area contributed by atoms with Crippen molar-refractivity contribution < 1.29 is 36.8 Å². The molecule has 3 rings (SSSR count). The summed E-state index contributed by atoms with van der Waals surface area (Å²) in [6.45, 7) is 0. The first-order valence-electron chi connectivity index (χ1n) is 5.84. The highest BCUT2D eigenvalue weighted by Crippen LogP contribution is 2.47. The van der Waals surface area contributed by atoms with Gasteiger partial charge in [-0.2, -0.15) is 0 Å². The maximum Gasteiger partial charge on any atom is 0.312 e. The Hall–Kier alpha value is -1.19. The highest BCUT2D eigenvalue weighted by atomic mass is 32.2. The van der Waals surface area contributed by atoms with Crippen molar-refractivity contribution in [3.8, 4) is 0 Å². The standard InChI is InChI=1S/C10H12O8S/c11-6(1-2-19(13,14)15)17-8-5-3-4-7(16-5)9(8)18-10(4)12/h4-5,7-9H,1-3H2,(H,13,14,15)/p-1. The van der Waals surface area contributed by atoms with E-state index in [0.717, 1.165) is 0 Å². The third kappa shape index (κ3) is 2.21. The van der Waals surface area contributed by atoms with E-state index in [9.17, 15) is 22.6 Å². The molecular formula is C10H11O8S-. The van der Waals surface area contributed by atoms with Crippen LogP contribution in [0, 0.1) is 5.92 Å². The van der Waals surface area contributed by atoms with Gasteiger partial charge in [-0.1, -0.05) is 0 Å². The number of hydrogen-bond donors (Lipinski definition) is 0. The van der Waals surface area contributed by atoms with Crippen molar-refractivity contribution in [1.82, 2.24) is 0 Å². The molecule has 3 aliphatic heterocycles. The number of hydrogen-bond acceptors (Lipinski definition) is 8. The lowest BCUT2D eigenvalue weighted by Gasteiger charge is -2.22. The second-order valence-electron chi connectivity index (χ2n) is 4.85. The van der Waals surface area contributed by atoms with E-state index in [2.05, 4.69) is 0 Å². The van der Waals surface area contributed by atoms with Crippen molar-refractivity contribution >= 4 is 22.1 Å². The van der Waals surface area contributed by atoms with Gasteiger partial charge in [0.1, 0.15) is 6.10 Å². The smallest absolute Gasteiger partial charge is 0.312 e. The summed E-state index contributed by atoms with van der Waals surface area (Å²) < 4.78 is 46.9. The minimum absolute atomic E-state index is 0.285. The van der Waals surface area contributed by atoms with E-state index in [0.29, 0.717) is 6.42 Å². The van der Waals surface area contributed by atoms with E-state index in [1.165, 1.54) is 0 Å². The molecular weight excluding hydrogens is 280 g/mol. The van der Waals surface area contributed by atoms with E-state index in [4.69, 9.17) is 14.2 Å². The van der Waals surface area contributed by atoms with Crippen LogP contribution in [0.5, 0.6) is 0 Å². The molecule has 3 saturated heterocycles. The van der Waals surface area contributed by atoms with Crippen LogP contribution in [0.25, 0.3) is 0 Å². The number of carbonyl (C=O) groups excluding carboxylic acids is 2.